The van der Waals surface area contributed by atoms with Crippen LogP contribution >= 0.6 is 12.2 Å². The number of H-pyrrole nitrogens is 1. The zero-order chi connectivity index (χ0) is 24.9. The molecule has 0 unspecified atom stereocenters. The fraction of sp³-hybridized carbons (Fsp3) is 0.444. The number of hydrogen-bond donors (Lipinski definition) is 2. The molecular weight excluding hydrogens is 462 g/mol. The number of hydrogen-bond acceptors (Lipinski definition) is 5. The first-order chi connectivity index (χ1) is 16.9. The molecule has 1 saturated carbocycles. The van der Waals surface area contributed by atoms with E-state index in [4.69, 9.17) is 21.7 Å². The van der Waals surface area contributed by atoms with Gasteiger partial charge >= 0.3 is 0 Å². The molecule has 4 rings (SSSR count). The number of amides is 1. The van der Waals surface area contributed by atoms with Crippen LogP contribution in [0.1, 0.15) is 62.4 Å². The van der Waals surface area contributed by atoms with Crippen molar-refractivity contribution in [2.75, 3.05) is 13.2 Å². The largest absolute Gasteiger partial charge is 0.490 e. The van der Waals surface area contributed by atoms with Crippen molar-refractivity contribution >= 4 is 29.0 Å². The molecule has 8 heteroatoms. The summed E-state index contributed by atoms with van der Waals surface area (Å²) in [5.74, 6) is 1.55. The minimum atomic E-state index is -0.208. The molecule has 1 aliphatic carbocycles. The summed E-state index contributed by atoms with van der Waals surface area (Å²) in [5, 5.41) is 3.66. The van der Waals surface area contributed by atoms with Crippen molar-refractivity contribution in [3.8, 4) is 11.5 Å². The van der Waals surface area contributed by atoms with Crippen molar-refractivity contribution < 1.29 is 14.3 Å². The van der Waals surface area contributed by atoms with Gasteiger partial charge in [-0.1, -0.05) is 31.9 Å². The SMILES string of the molecule is CCOc1cc2[nH]c(=S)n(Cc3ccc(C(=O)N[C@@H]4CCCC[C@@H]4C)cc3)c(=O)c2cc1OCC. The van der Waals surface area contributed by atoms with Gasteiger partial charge in [-0.3, -0.25) is 14.2 Å². The predicted octanol–water partition coefficient (Wildman–Crippen LogP) is 5.21. The Hall–Kier alpha value is -3.13. The number of ether oxygens (including phenoxy) is 2. The van der Waals surface area contributed by atoms with Crippen molar-refractivity contribution in [2.24, 2.45) is 5.92 Å². The Bertz CT molecular complexity index is 1310. The van der Waals surface area contributed by atoms with Crippen LogP contribution in [0.25, 0.3) is 10.9 Å². The van der Waals surface area contributed by atoms with Gasteiger partial charge in [0.15, 0.2) is 16.3 Å². The van der Waals surface area contributed by atoms with Gasteiger partial charge in [0.05, 0.1) is 30.7 Å². The first-order valence-corrected chi connectivity index (χ1v) is 12.8. The summed E-state index contributed by atoms with van der Waals surface area (Å²) in [6.07, 6.45) is 4.59. The quantitative estimate of drug-likeness (QED) is 0.419. The zero-order valence-corrected chi connectivity index (χ0v) is 21.4. The lowest BCUT2D eigenvalue weighted by Crippen LogP contribution is -2.41. The van der Waals surface area contributed by atoms with Gasteiger partial charge in [0.1, 0.15) is 0 Å². The second-order valence-corrected chi connectivity index (χ2v) is 9.46. The van der Waals surface area contributed by atoms with Gasteiger partial charge in [-0.2, -0.15) is 0 Å². The Kier molecular flexibility index (Phi) is 7.90. The van der Waals surface area contributed by atoms with Gasteiger partial charge in [0.25, 0.3) is 11.5 Å². The summed E-state index contributed by atoms with van der Waals surface area (Å²) in [7, 11) is 0. The number of nitrogens with one attached hydrogen (secondary N) is 2. The molecule has 2 N–H and O–H groups in total. The van der Waals surface area contributed by atoms with Gasteiger partial charge in [-0.15, -0.1) is 0 Å². The van der Waals surface area contributed by atoms with Crippen LogP contribution in [0.4, 0.5) is 0 Å². The van der Waals surface area contributed by atoms with Crippen LogP contribution in [0, 0.1) is 10.7 Å². The number of rotatable bonds is 8. The smallest absolute Gasteiger partial charge is 0.262 e. The number of fused-ring (bicyclic) bond motifs is 1. The maximum atomic E-state index is 13.3. The Morgan fingerprint density at radius 2 is 1.74 bits per heavy atom. The molecule has 0 aliphatic heterocycles. The van der Waals surface area contributed by atoms with Crippen LogP contribution in [0.2, 0.25) is 0 Å². The standard InChI is InChI=1S/C27H33N3O4S/c1-4-33-23-14-20-22(15-24(23)34-5-2)29-27(35)30(26(20)32)16-18-10-12-19(13-11-18)25(31)28-21-9-7-6-8-17(21)3/h10-15,17,21H,4-9,16H2,1-3H3,(H,28,31)(H,29,35)/t17-,21+/m0/s1. The molecule has 0 spiro atoms. The average Bonchev–Trinajstić information content (AvgIpc) is 2.85. The highest BCUT2D eigenvalue weighted by Gasteiger charge is 2.23. The maximum absolute atomic E-state index is 13.3. The van der Waals surface area contributed by atoms with Gasteiger partial charge in [0.2, 0.25) is 0 Å². The van der Waals surface area contributed by atoms with E-state index in [0.717, 1.165) is 24.8 Å². The highest BCUT2D eigenvalue weighted by atomic mass is 32.1. The molecule has 7 nitrogen and oxygen atoms in total. The second-order valence-electron chi connectivity index (χ2n) is 9.07. The van der Waals surface area contributed by atoms with E-state index in [9.17, 15) is 9.59 Å². The maximum Gasteiger partial charge on any atom is 0.262 e. The molecule has 2 atom stereocenters. The Morgan fingerprint density at radius 3 is 2.40 bits per heavy atom. The normalized spacial score (nSPS) is 17.8. The van der Waals surface area contributed by atoms with Crippen molar-refractivity contribution in [1.29, 1.82) is 0 Å². The molecule has 1 heterocycles. The van der Waals surface area contributed by atoms with E-state index < -0.39 is 0 Å². The van der Waals surface area contributed by atoms with Crippen LogP contribution in [0.15, 0.2) is 41.2 Å². The molecule has 3 aromatic rings. The number of aromatic nitrogens is 2. The van der Waals surface area contributed by atoms with E-state index in [0.29, 0.717) is 58.4 Å². The number of carbonyl (C=O) groups is 1. The summed E-state index contributed by atoms with van der Waals surface area (Å²) in [6.45, 7) is 7.22. The molecule has 2 aromatic carbocycles. The molecule has 1 aromatic heterocycles. The van der Waals surface area contributed by atoms with Gasteiger partial charge in [-0.05, 0) is 68.6 Å². The molecule has 186 valence electrons. The highest BCUT2D eigenvalue weighted by Crippen LogP contribution is 2.31. The van der Waals surface area contributed by atoms with Crippen LogP contribution in [-0.4, -0.2) is 34.7 Å². The van der Waals surface area contributed by atoms with Crippen LogP contribution in [0.3, 0.4) is 0 Å². The third-order valence-corrected chi connectivity index (χ3v) is 6.95. The van der Waals surface area contributed by atoms with E-state index in [1.807, 2.05) is 26.0 Å². The van der Waals surface area contributed by atoms with E-state index in [1.165, 1.54) is 11.0 Å². The van der Waals surface area contributed by atoms with E-state index in [1.54, 1.807) is 24.3 Å². The van der Waals surface area contributed by atoms with Gasteiger partial charge in [0, 0.05) is 17.7 Å². The number of aromatic amines is 1. The molecule has 1 aliphatic rings. The summed E-state index contributed by atoms with van der Waals surface area (Å²) in [4.78, 5) is 29.2. The van der Waals surface area contributed by atoms with Crippen molar-refractivity contribution in [2.45, 2.75) is 59.0 Å². The van der Waals surface area contributed by atoms with E-state index in [-0.39, 0.29) is 17.5 Å². The van der Waals surface area contributed by atoms with E-state index in [2.05, 4.69) is 17.2 Å². The first kappa shape index (κ1) is 25.0. The fourth-order valence-electron chi connectivity index (χ4n) is 4.67. The molecule has 1 amide bonds. The second kappa shape index (κ2) is 11.1. The third kappa shape index (κ3) is 5.59. The predicted molar refractivity (Wildman–Crippen MR) is 140 cm³/mol. The number of carbonyl (C=O) groups excluding carboxylic acids is 1. The van der Waals surface area contributed by atoms with Crippen LogP contribution in [0.5, 0.6) is 11.5 Å². The fourth-order valence-corrected chi connectivity index (χ4v) is 4.92. The first-order valence-electron chi connectivity index (χ1n) is 12.4. The highest BCUT2D eigenvalue weighted by molar-refractivity contribution is 7.71. The van der Waals surface area contributed by atoms with Crippen molar-refractivity contribution in [3.05, 3.63) is 62.6 Å². The summed E-state index contributed by atoms with van der Waals surface area (Å²) >= 11 is 5.50. The Morgan fingerprint density at radius 1 is 1.09 bits per heavy atom. The summed E-state index contributed by atoms with van der Waals surface area (Å²) in [5.41, 5.74) is 1.89. The third-order valence-electron chi connectivity index (χ3n) is 6.63. The minimum Gasteiger partial charge on any atom is -0.490 e. The van der Waals surface area contributed by atoms with Gasteiger partial charge < -0.3 is 19.8 Å². The Labute approximate surface area is 210 Å². The Balaban J connectivity index is 1.57. The van der Waals surface area contributed by atoms with Crippen LogP contribution < -0.4 is 20.3 Å². The van der Waals surface area contributed by atoms with Gasteiger partial charge in [-0.25, -0.2) is 0 Å². The minimum absolute atomic E-state index is 0.0518. The van der Waals surface area contributed by atoms with Crippen molar-refractivity contribution in [3.63, 3.8) is 0 Å². The van der Waals surface area contributed by atoms with Crippen LogP contribution in [-0.2, 0) is 6.54 Å². The topological polar surface area (TPSA) is 85.4 Å². The van der Waals surface area contributed by atoms with E-state index >= 15 is 0 Å². The van der Waals surface area contributed by atoms with Crippen molar-refractivity contribution in [1.82, 2.24) is 14.9 Å². The number of benzene rings is 2. The average molecular weight is 496 g/mol. The molecular formula is C27H33N3O4S. The lowest BCUT2D eigenvalue weighted by Gasteiger charge is -2.29. The molecule has 35 heavy (non-hydrogen) atoms. The summed E-state index contributed by atoms with van der Waals surface area (Å²) < 4.78 is 13.2. The molecule has 0 saturated heterocycles. The molecule has 0 bridgehead atoms. The monoisotopic (exact) mass is 495 g/mol. The molecule has 1 fully saturated rings. The molecule has 0 radical (unpaired) electrons. The zero-order valence-electron chi connectivity index (χ0n) is 20.6. The number of nitrogens with zero attached hydrogens (tertiary/aromatic N) is 1. The lowest BCUT2D eigenvalue weighted by atomic mass is 9.86. The summed E-state index contributed by atoms with van der Waals surface area (Å²) in [6, 6.07) is 11.0. The lowest BCUT2D eigenvalue weighted by molar-refractivity contribution is 0.0910.